The van der Waals surface area contributed by atoms with Crippen molar-refractivity contribution in [1.82, 2.24) is 5.32 Å². The van der Waals surface area contributed by atoms with Gasteiger partial charge in [0.1, 0.15) is 5.75 Å². The summed E-state index contributed by atoms with van der Waals surface area (Å²) in [6.07, 6.45) is 4.03. The number of amides is 1. The highest BCUT2D eigenvalue weighted by Gasteiger charge is 2.43. The number of rotatable bonds is 5. The minimum Gasteiger partial charge on any atom is -0.497 e. The van der Waals surface area contributed by atoms with Crippen LogP contribution in [0, 0.1) is 17.8 Å². The third-order valence-corrected chi connectivity index (χ3v) is 5.38. The molecule has 120 valence electrons. The van der Waals surface area contributed by atoms with E-state index in [9.17, 15) is 9.90 Å². The van der Waals surface area contributed by atoms with Crippen molar-refractivity contribution in [3.63, 3.8) is 0 Å². The molecule has 1 aromatic carbocycles. The molecule has 2 aliphatic carbocycles. The van der Waals surface area contributed by atoms with Crippen LogP contribution in [0.15, 0.2) is 24.3 Å². The van der Waals surface area contributed by atoms with Gasteiger partial charge < -0.3 is 15.2 Å². The van der Waals surface area contributed by atoms with Gasteiger partial charge in [0.15, 0.2) is 0 Å². The molecule has 4 heteroatoms. The largest absolute Gasteiger partial charge is 0.497 e. The summed E-state index contributed by atoms with van der Waals surface area (Å²) in [5, 5.41) is 13.4. The van der Waals surface area contributed by atoms with E-state index in [1.165, 1.54) is 19.3 Å². The van der Waals surface area contributed by atoms with Gasteiger partial charge >= 0.3 is 0 Å². The van der Waals surface area contributed by atoms with Gasteiger partial charge in [0.2, 0.25) is 5.91 Å². The van der Waals surface area contributed by atoms with Crippen molar-refractivity contribution in [2.24, 2.45) is 17.8 Å². The van der Waals surface area contributed by atoms with Gasteiger partial charge in [-0.15, -0.1) is 0 Å². The predicted octanol–water partition coefficient (Wildman–Crippen LogP) is 2.67. The highest BCUT2D eigenvalue weighted by Crippen LogP contribution is 2.48. The van der Waals surface area contributed by atoms with Gasteiger partial charge in [-0.2, -0.15) is 0 Å². The Kier molecular flexibility index (Phi) is 4.39. The SMILES string of the molecule is COc1ccc(C(O)C(C)NC(=O)C2CC3CCC2C3)cc1. The normalized spacial score (nSPS) is 29.1. The topological polar surface area (TPSA) is 58.6 Å². The Morgan fingerprint density at radius 2 is 2.00 bits per heavy atom. The van der Waals surface area contributed by atoms with Crippen molar-refractivity contribution in [2.45, 2.75) is 44.8 Å². The minimum atomic E-state index is -0.701. The fraction of sp³-hybridized carbons (Fsp3) is 0.611. The number of aliphatic hydroxyl groups excluding tert-OH is 1. The molecule has 3 rings (SSSR count). The van der Waals surface area contributed by atoms with Gasteiger partial charge in [0, 0.05) is 5.92 Å². The van der Waals surface area contributed by atoms with Crippen LogP contribution in [-0.4, -0.2) is 24.2 Å². The molecule has 0 radical (unpaired) electrons. The van der Waals surface area contributed by atoms with Gasteiger partial charge in [-0.25, -0.2) is 0 Å². The number of nitrogens with one attached hydrogen (secondary N) is 1. The molecule has 0 spiro atoms. The molecule has 1 amide bonds. The molecule has 22 heavy (non-hydrogen) atoms. The number of ether oxygens (including phenoxy) is 1. The molecule has 2 bridgehead atoms. The van der Waals surface area contributed by atoms with Gasteiger partial charge in [-0.05, 0) is 55.7 Å². The van der Waals surface area contributed by atoms with Crippen molar-refractivity contribution in [2.75, 3.05) is 7.11 Å². The molecule has 0 aliphatic heterocycles. The smallest absolute Gasteiger partial charge is 0.223 e. The number of methoxy groups -OCH3 is 1. The van der Waals surface area contributed by atoms with Crippen molar-refractivity contribution in [1.29, 1.82) is 0 Å². The van der Waals surface area contributed by atoms with Crippen LogP contribution in [0.3, 0.4) is 0 Å². The molecule has 0 saturated heterocycles. The second-order valence-electron chi connectivity index (χ2n) is 6.80. The van der Waals surface area contributed by atoms with Crippen LogP contribution in [0.2, 0.25) is 0 Å². The van der Waals surface area contributed by atoms with Crippen LogP contribution in [0.4, 0.5) is 0 Å². The Labute approximate surface area is 131 Å². The molecule has 4 nitrogen and oxygen atoms in total. The molecule has 0 aromatic heterocycles. The van der Waals surface area contributed by atoms with Crippen molar-refractivity contribution >= 4 is 5.91 Å². The van der Waals surface area contributed by atoms with Crippen molar-refractivity contribution in [3.05, 3.63) is 29.8 Å². The highest BCUT2D eigenvalue weighted by molar-refractivity contribution is 5.79. The highest BCUT2D eigenvalue weighted by atomic mass is 16.5. The predicted molar refractivity (Wildman–Crippen MR) is 84.5 cm³/mol. The summed E-state index contributed by atoms with van der Waals surface area (Å²) < 4.78 is 5.12. The van der Waals surface area contributed by atoms with Crippen LogP contribution < -0.4 is 10.1 Å². The second-order valence-corrected chi connectivity index (χ2v) is 6.80. The van der Waals surface area contributed by atoms with Crippen LogP contribution in [-0.2, 0) is 4.79 Å². The zero-order chi connectivity index (χ0) is 15.7. The first kappa shape index (κ1) is 15.3. The van der Waals surface area contributed by atoms with E-state index in [-0.39, 0.29) is 17.9 Å². The first-order valence-electron chi connectivity index (χ1n) is 8.21. The summed E-state index contributed by atoms with van der Waals surface area (Å²) in [6, 6.07) is 7.03. The molecule has 2 saturated carbocycles. The molecule has 1 aromatic rings. The lowest BCUT2D eigenvalue weighted by Gasteiger charge is -2.26. The number of carbonyl (C=O) groups is 1. The first-order valence-corrected chi connectivity index (χ1v) is 8.21. The maximum atomic E-state index is 12.4. The summed E-state index contributed by atoms with van der Waals surface area (Å²) in [5.41, 5.74) is 0.793. The summed E-state index contributed by atoms with van der Waals surface area (Å²) in [4.78, 5) is 12.4. The van der Waals surface area contributed by atoms with E-state index < -0.39 is 6.10 Å². The monoisotopic (exact) mass is 303 g/mol. The Bertz CT molecular complexity index is 528. The number of carbonyl (C=O) groups excluding carboxylic acids is 1. The van der Waals surface area contributed by atoms with E-state index in [2.05, 4.69) is 5.32 Å². The van der Waals surface area contributed by atoms with Crippen LogP contribution in [0.5, 0.6) is 5.75 Å². The summed E-state index contributed by atoms with van der Waals surface area (Å²) in [6.45, 7) is 1.86. The lowest BCUT2D eigenvalue weighted by molar-refractivity contribution is -0.128. The fourth-order valence-corrected chi connectivity index (χ4v) is 4.07. The molecule has 5 atom stereocenters. The van der Waals surface area contributed by atoms with E-state index in [0.717, 1.165) is 23.7 Å². The molecule has 0 heterocycles. The van der Waals surface area contributed by atoms with Crippen molar-refractivity contribution in [3.8, 4) is 5.75 Å². The minimum absolute atomic E-state index is 0.118. The Morgan fingerprint density at radius 3 is 2.55 bits per heavy atom. The van der Waals surface area contributed by atoms with Crippen molar-refractivity contribution < 1.29 is 14.6 Å². The van der Waals surface area contributed by atoms with E-state index in [4.69, 9.17) is 4.74 Å². The number of benzene rings is 1. The molecule has 2 fully saturated rings. The summed E-state index contributed by atoms with van der Waals surface area (Å²) >= 11 is 0. The maximum Gasteiger partial charge on any atom is 0.223 e. The Morgan fingerprint density at radius 1 is 1.27 bits per heavy atom. The van der Waals surface area contributed by atoms with Gasteiger partial charge in [0.05, 0.1) is 19.3 Å². The summed E-state index contributed by atoms with van der Waals surface area (Å²) in [5.74, 6) is 2.35. The number of aliphatic hydroxyl groups is 1. The summed E-state index contributed by atoms with van der Waals surface area (Å²) in [7, 11) is 1.61. The molecular weight excluding hydrogens is 278 g/mol. The zero-order valence-corrected chi connectivity index (χ0v) is 13.3. The maximum absolute atomic E-state index is 12.4. The lowest BCUT2D eigenvalue weighted by atomic mass is 9.88. The Hall–Kier alpha value is -1.55. The van der Waals surface area contributed by atoms with Crippen LogP contribution in [0.1, 0.15) is 44.3 Å². The number of hydrogen-bond donors (Lipinski definition) is 2. The van der Waals surface area contributed by atoms with E-state index in [1.54, 1.807) is 7.11 Å². The van der Waals surface area contributed by atoms with Gasteiger partial charge in [-0.1, -0.05) is 18.6 Å². The molecular formula is C18H25NO3. The lowest BCUT2D eigenvalue weighted by Crippen LogP contribution is -2.42. The third-order valence-electron chi connectivity index (χ3n) is 5.38. The Balaban J connectivity index is 1.58. The third kappa shape index (κ3) is 2.98. The number of fused-ring (bicyclic) bond motifs is 2. The number of hydrogen-bond acceptors (Lipinski definition) is 3. The van der Waals surface area contributed by atoms with E-state index in [0.29, 0.717) is 5.92 Å². The van der Waals surface area contributed by atoms with Crippen LogP contribution >= 0.6 is 0 Å². The fourth-order valence-electron chi connectivity index (χ4n) is 4.07. The molecule has 2 N–H and O–H groups in total. The average molecular weight is 303 g/mol. The molecule has 5 unspecified atom stereocenters. The van der Waals surface area contributed by atoms with E-state index >= 15 is 0 Å². The standard InChI is InChI=1S/C18H25NO3/c1-11(17(20)13-5-7-15(22-2)8-6-13)19-18(21)16-10-12-3-4-14(16)9-12/h5-8,11-12,14,16-17,20H,3-4,9-10H2,1-2H3,(H,19,21). The van der Waals surface area contributed by atoms with E-state index in [1.807, 2.05) is 31.2 Å². The average Bonchev–Trinajstić information content (AvgIpc) is 3.17. The quantitative estimate of drug-likeness (QED) is 0.879. The first-order chi connectivity index (χ1) is 10.6. The zero-order valence-electron chi connectivity index (χ0n) is 13.3. The second kappa shape index (κ2) is 6.29. The van der Waals surface area contributed by atoms with Gasteiger partial charge in [0.25, 0.3) is 0 Å². The molecule has 2 aliphatic rings. The van der Waals surface area contributed by atoms with Crippen LogP contribution in [0.25, 0.3) is 0 Å². The van der Waals surface area contributed by atoms with Gasteiger partial charge in [-0.3, -0.25) is 4.79 Å².